The van der Waals surface area contributed by atoms with Crippen molar-refractivity contribution in [1.82, 2.24) is 0 Å². The first kappa shape index (κ1) is 14.5. The molecule has 0 fully saturated rings. The van der Waals surface area contributed by atoms with Crippen LogP contribution in [0.5, 0.6) is 0 Å². The van der Waals surface area contributed by atoms with E-state index in [9.17, 15) is 18.0 Å². The van der Waals surface area contributed by atoms with Crippen LogP contribution in [0.2, 0.25) is 5.02 Å². The summed E-state index contributed by atoms with van der Waals surface area (Å²) in [6.45, 7) is 0. The molecule has 0 atom stereocenters. The van der Waals surface area contributed by atoms with Crippen molar-refractivity contribution in [2.24, 2.45) is 0 Å². The van der Waals surface area contributed by atoms with E-state index in [0.717, 1.165) is 12.1 Å². The Morgan fingerprint density at radius 2 is 2.00 bits per heavy atom. The predicted molar refractivity (Wildman–Crippen MR) is 63.8 cm³/mol. The highest BCUT2D eigenvalue weighted by molar-refractivity contribution is 9.09. The summed E-state index contributed by atoms with van der Waals surface area (Å²) in [5.74, 6) is -0.520. The minimum absolute atomic E-state index is 0.0330. The fourth-order valence-electron chi connectivity index (χ4n) is 1.36. The molecule has 0 aromatic heterocycles. The first-order valence-electron chi connectivity index (χ1n) is 4.82. The van der Waals surface area contributed by atoms with Crippen molar-refractivity contribution in [2.75, 3.05) is 5.33 Å². The number of carbonyl (C=O) groups is 1. The zero-order chi connectivity index (χ0) is 13.1. The molecule has 6 heteroatoms. The van der Waals surface area contributed by atoms with Gasteiger partial charge in [0.05, 0.1) is 5.56 Å². The van der Waals surface area contributed by atoms with Crippen LogP contribution in [0.1, 0.15) is 28.8 Å². The molecule has 0 unspecified atom stereocenters. The maximum atomic E-state index is 12.7. The van der Waals surface area contributed by atoms with Gasteiger partial charge in [0.2, 0.25) is 0 Å². The number of hydrogen-bond acceptors (Lipinski definition) is 1. The standard InChI is InChI=1S/C11H9BrClF3O/c12-5-1-2-10(17)8-4-3-7(13)6-9(8)11(14,15)16/h3-4,6H,1-2,5H2. The zero-order valence-corrected chi connectivity index (χ0v) is 11.0. The Labute approximate surface area is 110 Å². The Balaban J connectivity index is 3.11. The lowest BCUT2D eigenvalue weighted by molar-refractivity contribution is -0.137. The van der Waals surface area contributed by atoms with Crippen molar-refractivity contribution in [2.45, 2.75) is 19.0 Å². The number of rotatable bonds is 4. The predicted octanol–water partition coefficient (Wildman–Crippen LogP) is 4.72. The lowest BCUT2D eigenvalue weighted by atomic mass is 10.0. The third-order valence-corrected chi connectivity index (χ3v) is 2.92. The zero-order valence-electron chi connectivity index (χ0n) is 8.65. The Bertz CT molecular complexity index is 418. The van der Waals surface area contributed by atoms with Crippen LogP contribution in [0.15, 0.2) is 18.2 Å². The van der Waals surface area contributed by atoms with Gasteiger partial charge in [0.1, 0.15) is 0 Å². The Hall–Kier alpha value is -0.550. The second-order valence-corrected chi connectivity index (χ2v) is 4.63. The molecule has 1 nitrogen and oxygen atoms in total. The summed E-state index contributed by atoms with van der Waals surface area (Å²) in [4.78, 5) is 11.6. The molecular formula is C11H9BrClF3O. The molecule has 1 aromatic rings. The van der Waals surface area contributed by atoms with Gasteiger partial charge >= 0.3 is 6.18 Å². The van der Waals surface area contributed by atoms with E-state index in [1.165, 1.54) is 6.07 Å². The molecule has 0 amide bonds. The van der Waals surface area contributed by atoms with Gasteiger partial charge in [-0.3, -0.25) is 4.79 Å². The third kappa shape index (κ3) is 4.00. The molecule has 1 aromatic carbocycles. The van der Waals surface area contributed by atoms with Gasteiger partial charge < -0.3 is 0 Å². The van der Waals surface area contributed by atoms with Gasteiger partial charge in [0.15, 0.2) is 5.78 Å². The highest BCUT2D eigenvalue weighted by Crippen LogP contribution is 2.34. The molecule has 0 aliphatic carbocycles. The molecule has 0 heterocycles. The Morgan fingerprint density at radius 3 is 2.53 bits per heavy atom. The van der Waals surface area contributed by atoms with E-state index in [2.05, 4.69) is 15.9 Å². The third-order valence-electron chi connectivity index (χ3n) is 2.12. The molecule has 0 N–H and O–H groups in total. The van der Waals surface area contributed by atoms with Crippen LogP contribution in [0.25, 0.3) is 0 Å². The molecule has 17 heavy (non-hydrogen) atoms. The second kappa shape index (κ2) is 5.87. The van der Waals surface area contributed by atoms with Crippen molar-refractivity contribution in [3.05, 3.63) is 34.3 Å². The highest BCUT2D eigenvalue weighted by atomic mass is 79.9. The van der Waals surface area contributed by atoms with Gasteiger partial charge in [0, 0.05) is 22.3 Å². The number of benzene rings is 1. The first-order chi connectivity index (χ1) is 7.86. The van der Waals surface area contributed by atoms with Crippen LogP contribution in [0.3, 0.4) is 0 Å². The maximum Gasteiger partial charge on any atom is 0.417 e. The summed E-state index contributed by atoms with van der Waals surface area (Å²) in [5, 5.41) is 0.544. The Morgan fingerprint density at radius 1 is 1.35 bits per heavy atom. The monoisotopic (exact) mass is 328 g/mol. The van der Waals surface area contributed by atoms with Gasteiger partial charge in [-0.1, -0.05) is 27.5 Å². The van der Waals surface area contributed by atoms with Gasteiger partial charge in [-0.2, -0.15) is 13.2 Å². The molecule has 1 rings (SSSR count). The molecule has 0 saturated heterocycles. The summed E-state index contributed by atoms with van der Waals surface area (Å²) < 4.78 is 38.1. The van der Waals surface area contributed by atoms with Crippen LogP contribution >= 0.6 is 27.5 Å². The molecule has 0 aliphatic rings. The van der Waals surface area contributed by atoms with Crippen molar-refractivity contribution in [3.63, 3.8) is 0 Å². The van der Waals surface area contributed by atoms with E-state index in [4.69, 9.17) is 11.6 Å². The quantitative estimate of drug-likeness (QED) is 0.577. The number of alkyl halides is 4. The van der Waals surface area contributed by atoms with Crippen LogP contribution < -0.4 is 0 Å². The smallest absolute Gasteiger partial charge is 0.294 e. The number of halogens is 5. The van der Waals surface area contributed by atoms with Crippen LogP contribution in [0, 0.1) is 0 Å². The lowest BCUT2D eigenvalue weighted by Gasteiger charge is -2.12. The van der Waals surface area contributed by atoms with E-state index in [0.29, 0.717) is 11.8 Å². The second-order valence-electron chi connectivity index (χ2n) is 3.40. The largest absolute Gasteiger partial charge is 0.417 e. The fraction of sp³-hybridized carbons (Fsp3) is 0.364. The van der Waals surface area contributed by atoms with Crippen LogP contribution in [-0.2, 0) is 6.18 Å². The molecule has 0 saturated carbocycles. The van der Waals surface area contributed by atoms with Gasteiger partial charge in [-0.25, -0.2) is 0 Å². The average molecular weight is 330 g/mol. The minimum atomic E-state index is -4.57. The summed E-state index contributed by atoms with van der Waals surface area (Å²) in [5.41, 5.74) is -1.28. The number of carbonyl (C=O) groups excluding carboxylic acids is 1. The topological polar surface area (TPSA) is 17.1 Å². The normalized spacial score (nSPS) is 11.6. The van der Waals surface area contributed by atoms with Crippen molar-refractivity contribution in [1.29, 1.82) is 0 Å². The SMILES string of the molecule is O=C(CCCBr)c1ccc(Cl)cc1C(F)(F)F. The highest BCUT2D eigenvalue weighted by Gasteiger charge is 2.35. The van der Waals surface area contributed by atoms with E-state index in [1.807, 2.05) is 0 Å². The molecule has 0 bridgehead atoms. The van der Waals surface area contributed by atoms with Crippen LogP contribution in [-0.4, -0.2) is 11.1 Å². The summed E-state index contributed by atoms with van der Waals surface area (Å²) in [6.07, 6.45) is -3.99. The van der Waals surface area contributed by atoms with E-state index < -0.39 is 17.5 Å². The van der Waals surface area contributed by atoms with Crippen molar-refractivity contribution >= 4 is 33.3 Å². The Kier molecular flexibility index (Phi) is 5.01. The molecule has 0 spiro atoms. The van der Waals surface area contributed by atoms with Gasteiger partial charge in [0.25, 0.3) is 0 Å². The van der Waals surface area contributed by atoms with E-state index in [1.54, 1.807) is 0 Å². The van der Waals surface area contributed by atoms with E-state index in [-0.39, 0.29) is 17.0 Å². The van der Waals surface area contributed by atoms with E-state index >= 15 is 0 Å². The maximum absolute atomic E-state index is 12.7. The number of hydrogen-bond donors (Lipinski definition) is 0. The average Bonchev–Trinajstić information content (AvgIpc) is 2.24. The van der Waals surface area contributed by atoms with Gasteiger partial charge in [-0.05, 0) is 24.6 Å². The fourth-order valence-corrected chi connectivity index (χ4v) is 1.81. The molecule has 94 valence electrons. The molecular weight excluding hydrogens is 320 g/mol. The lowest BCUT2D eigenvalue weighted by Crippen LogP contribution is -2.13. The van der Waals surface area contributed by atoms with Crippen molar-refractivity contribution < 1.29 is 18.0 Å². The molecule has 0 radical (unpaired) electrons. The van der Waals surface area contributed by atoms with Crippen molar-refractivity contribution in [3.8, 4) is 0 Å². The first-order valence-corrected chi connectivity index (χ1v) is 6.32. The van der Waals surface area contributed by atoms with Gasteiger partial charge in [-0.15, -0.1) is 0 Å². The summed E-state index contributed by atoms with van der Waals surface area (Å²) in [7, 11) is 0. The summed E-state index contributed by atoms with van der Waals surface area (Å²) in [6, 6.07) is 3.20. The molecule has 0 aliphatic heterocycles. The number of ketones is 1. The van der Waals surface area contributed by atoms with Crippen LogP contribution in [0.4, 0.5) is 13.2 Å². The minimum Gasteiger partial charge on any atom is -0.294 e. The number of Topliss-reactive ketones (excluding diaryl/α,β-unsaturated/α-hetero) is 1. The summed E-state index contributed by atoms with van der Waals surface area (Å²) >= 11 is 8.64.